The van der Waals surface area contributed by atoms with Gasteiger partial charge >= 0.3 is 0 Å². The third-order valence-corrected chi connectivity index (χ3v) is 2.01. The van der Waals surface area contributed by atoms with Crippen molar-refractivity contribution in [3.05, 3.63) is 0 Å². The zero-order chi connectivity index (χ0) is 8.86. The molecule has 1 saturated heterocycles. The predicted octanol–water partition coefficient (Wildman–Crippen LogP) is 1.94. The maximum atomic E-state index is 5.45. The minimum absolute atomic E-state index is 0.324. The fourth-order valence-corrected chi connectivity index (χ4v) is 1.32. The van der Waals surface area contributed by atoms with Crippen LogP contribution in [0.25, 0.3) is 0 Å². The molecule has 0 unspecified atom stereocenters. The first-order chi connectivity index (χ1) is 5.77. The Morgan fingerprint density at radius 1 is 1.33 bits per heavy atom. The van der Waals surface area contributed by atoms with E-state index in [9.17, 15) is 0 Å². The summed E-state index contributed by atoms with van der Waals surface area (Å²) in [6.07, 6.45) is 2.94. The van der Waals surface area contributed by atoms with Gasteiger partial charge in [0, 0.05) is 12.8 Å². The first-order valence-corrected chi connectivity index (χ1v) is 4.44. The van der Waals surface area contributed by atoms with Crippen LogP contribution in [0.5, 0.6) is 0 Å². The Labute approximate surface area is 74.2 Å². The van der Waals surface area contributed by atoms with E-state index in [1.165, 1.54) is 0 Å². The van der Waals surface area contributed by atoms with Gasteiger partial charge in [-0.15, -0.1) is 11.8 Å². The summed E-state index contributed by atoms with van der Waals surface area (Å²) in [6, 6.07) is 0. The third-order valence-electron chi connectivity index (χ3n) is 2.01. The van der Waals surface area contributed by atoms with Gasteiger partial charge in [0.15, 0.2) is 5.79 Å². The lowest BCUT2D eigenvalue weighted by Crippen LogP contribution is -2.24. The molecule has 2 heteroatoms. The van der Waals surface area contributed by atoms with Crippen LogP contribution in [-0.4, -0.2) is 19.0 Å². The molecule has 0 bridgehead atoms. The van der Waals surface area contributed by atoms with Crippen LogP contribution < -0.4 is 0 Å². The molecule has 12 heavy (non-hydrogen) atoms. The van der Waals surface area contributed by atoms with E-state index in [1.54, 1.807) is 0 Å². The average Bonchev–Trinajstić information content (AvgIpc) is 2.47. The fourth-order valence-electron chi connectivity index (χ4n) is 1.32. The maximum absolute atomic E-state index is 5.45. The molecule has 68 valence electrons. The smallest absolute Gasteiger partial charge is 0.165 e. The summed E-state index contributed by atoms with van der Waals surface area (Å²) in [5, 5.41) is 0. The molecule has 0 aliphatic carbocycles. The summed E-state index contributed by atoms with van der Waals surface area (Å²) in [5.41, 5.74) is 0. The lowest BCUT2D eigenvalue weighted by atomic mass is 10.1. The van der Waals surface area contributed by atoms with Gasteiger partial charge in [-0.25, -0.2) is 0 Å². The lowest BCUT2D eigenvalue weighted by molar-refractivity contribution is -0.147. The van der Waals surface area contributed by atoms with E-state index >= 15 is 0 Å². The highest BCUT2D eigenvalue weighted by Gasteiger charge is 2.29. The van der Waals surface area contributed by atoms with E-state index in [4.69, 9.17) is 9.47 Å². The van der Waals surface area contributed by atoms with Crippen molar-refractivity contribution in [2.75, 3.05) is 13.2 Å². The minimum Gasteiger partial charge on any atom is -0.348 e. The zero-order valence-corrected chi connectivity index (χ0v) is 7.85. The largest absolute Gasteiger partial charge is 0.348 e. The van der Waals surface area contributed by atoms with E-state index in [2.05, 4.69) is 11.8 Å². The molecule has 0 aromatic rings. The second-order valence-electron chi connectivity index (χ2n) is 3.11. The standard InChI is InChI=1S/C10H16O2/c1-3-4-5-6-7-10(2)11-8-9-12-10/h5-9H2,1-2H3. The Balaban J connectivity index is 2.15. The molecule has 1 aliphatic heterocycles. The van der Waals surface area contributed by atoms with Gasteiger partial charge in [0.2, 0.25) is 0 Å². The van der Waals surface area contributed by atoms with E-state index in [-0.39, 0.29) is 5.79 Å². The molecule has 0 aromatic carbocycles. The summed E-state index contributed by atoms with van der Waals surface area (Å²) in [7, 11) is 0. The van der Waals surface area contributed by atoms with Gasteiger partial charge in [0.05, 0.1) is 13.2 Å². The van der Waals surface area contributed by atoms with Gasteiger partial charge in [0.1, 0.15) is 0 Å². The third kappa shape index (κ3) is 2.84. The van der Waals surface area contributed by atoms with Crippen LogP contribution in [0.15, 0.2) is 0 Å². The van der Waals surface area contributed by atoms with Crippen LogP contribution in [0.1, 0.15) is 33.1 Å². The Hall–Kier alpha value is -0.520. The van der Waals surface area contributed by atoms with Gasteiger partial charge in [-0.05, 0) is 20.3 Å². The summed E-state index contributed by atoms with van der Waals surface area (Å²) < 4.78 is 10.9. The summed E-state index contributed by atoms with van der Waals surface area (Å²) in [4.78, 5) is 0. The van der Waals surface area contributed by atoms with Crippen molar-refractivity contribution in [1.82, 2.24) is 0 Å². The Morgan fingerprint density at radius 2 is 2.00 bits per heavy atom. The normalized spacial score (nSPS) is 20.2. The van der Waals surface area contributed by atoms with Crippen molar-refractivity contribution in [3.8, 4) is 11.8 Å². The zero-order valence-electron chi connectivity index (χ0n) is 7.85. The average molecular weight is 168 g/mol. The molecule has 0 saturated carbocycles. The highest BCUT2D eigenvalue weighted by atomic mass is 16.7. The van der Waals surface area contributed by atoms with Crippen LogP contribution in [0.2, 0.25) is 0 Å². The lowest BCUT2D eigenvalue weighted by Gasteiger charge is -2.21. The molecule has 0 radical (unpaired) electrons. The van der Waals surface area contributed by atoms with E-state index in [1.807, 2.05) is 13.8 Å². The first kappa shape index (κ1) is 9.57. The highest BCUT2D eigenvalue weighted by Crippen LogP contribution is 2.24. The second kappa shape index (κ2) is 4.49. The predicted molar refractivity (Wildman–Crippen MR) is 47.6 cm³/mol. The van der Waals surface area contributed by atoms with Crippen LogP contribution in [-0.2, 0) is 9.47 Å². The summed E-state index contributed by atoms with van der Waals surface area (Å²) in [5.74, 6) is 5.58. The van der Waals surface area contributed by atoms with Crippen LogP contribution >= 0.6 is 0 Å². The van der Waals surface area contributed by atoms with Crippen molar-refractivity contribution in [2.24, 2.45) is 0 Å². The van der Waals surface area contributed by atoms with E-state index < -0.39 is 0 Å². The van der Waals surface area contributed by atoms with Gasteiger partial charge in [-0.2, -0.15) is 0 Å². The molecule has 1 fully saturated rings. The Kier molecular flexibility index (Phi) is 3.58. The van der Waals surface area contributed by atoms with Crippen molar-refractivity contribution in [3.63, 3.8) is 0 Å². The molecular formula is C10H16O2. The SMILES string of the molecule is CC#CCCCC1(C)OCCO1. The maximum Gasteiger partial charge on any atom is 0.165 e. The molecule has 0 amide bonds. The number of rotatable bonds is 3. The van der Waals surface area contributed by atoms with Crippen molar-refractivity contribution < 1.29 is 9.47 Å². The Morgan fingerprint density at radius 3 is 2.58 bits per heavy atom. The molecular weight excluding hydrogens is 152 g/mol. The van der Waals surface area contributed by atoms with Crippen LogP contribution in [0, 0.1) is 11.8 Å². The van der Waals surface area contributed by atoms with Gasteiger partial charge in [-0.1, -0.05) is 0 Å². The van der Waals surface area contributed by atoms with Crippen LogP contribution in [0.3, 0.4) is 0 Å². The molecule has 1 rings (SSSR count). The van der Waals surface area contributed by atoms with Gasteiger partial charge < -0.3 is 9.47 Å². The minimum atomic E-state index is -0.324. The van der Waals surface area contributed by atoms with E-state index in [0.717, 1.165) is 32.5 Å². The van der Waals surface area contributed by atoms with Gasteiger partial charge in [-0.3, -0.25) is 0 Å². The molecule has 1 heterocycles. The van der Waals surface area contributed by atoms with Crippen molar-refractivity contribution >= 4 is 0 Å². The molecule has 2 nitrogen and oxygen atoms in total. The topological polar surface area (TPSA) is 18.5 Å². The number of unbranched alkanes of at least 4 members (excludes halogenated alkanes) is 1. The molecule has 1 aliphatic rings. The molecule has 0 N–H and O–H groups in total. The fraction of sp³-hybridized carbons (Fsp3) is 0.800. The molecule has 0 spiro atoms. The second-order valence-corrected chi connectivity index (χ2v) is 3.11. The quantitative estimate of drug-likeness (QED) is 0.473. The Bertz CT molecular complexity index is 182. The summed E-state index contributed by atoms with van der Waals surface area (Å²) >= 11 is 0. The number of ether oxygens (including phenoxy) is 2. The number of hydrogen-bond acceptors (Lipinski definition) is 2. The van der Waals surface area contributed by atoms with E-state index in [0.29, 0.717) is 0 Å². The highest BCUT2D eigenvalue weighted by molar-refractivity contribution is 4.94. The van der Waals surface area contributed by atoms with Crippen molar-refractivity contribution in [2.45, 2.75) is 38.9 Å². The molecule has 0 aromatic heterocycles. The van der Waals surface area contributed by atoms with Gasteiger partial charge in [0.25, 0.3) is 0 Å². The first-order valence-electron chi connectivity index (χ1n) is 4.44. The molecule has 0 atom stereocenters. The van der Waals surface area contributed by atoms with Crippen molar-refractivity contribution in [1.29, 1.82) is 0 Å². The monoisotopic (exact) mass is 168 g/mol. The van der Waals surface area contributed by atoms with Crippen LogP contribution in [0.4, 0.5) is 0 Å². The number of hydrogen-bond donors (Lipinski definition) is 0. The summed E-state index contributed by atoms with van der Waals surface area (Å²) in [6.45, 7) is 5.33.